The van der Waals surface area contributed by atoms with Gasteiger partial charge in [-0.15, -0.1) is 0 Å². The van der Waals surface area contributed by atoms with Crippen molar-refractivity contribution in [1.29, 1.82) is 0 Å². The maximum atomic E-state index is 12.7. The molecule has 32 heavy (non-hydrogen) atoms. The Balaban J connectivity index is 1.33. The zero-order valence-corrected chi connectivity index (χ0v) is 18.4. The van der Waals surface area contributed by atoms with Crippen LogP contribution in [0.5, 0.6) is 0 Å². The second-order valence-corrected chi connectivity index (χ2v) is 8.22. The molecule has 0 unspecified atom stereocenters. The van der Waals surface area contributed by atoms with E-state index in [-0.39, 0.29) is 18.2 Å². The van der Waals surface area contributed by atoms with E-state index in [9.17, 15) is 14.4 Å². The van der Waals surface area contributed by atoms with E-state index in [1.54, 1.807) is 36.1 Å². The minimum atomic E-state index is -0.412. The molecular weight excluding hydrogens is 430 g/mol. The van der Waals surface area contributed by atoms with Crippen LogP contribution >= 0.6 is 11.6 Å². The van der Waals surface area contributed by atoms with Crippen LogP contribution in [0.15, 0.2) is 48.7 Å². The van der Waals surface area contributed by atoms with Gasteiger partial charge in [0.25, 0.3) is 0 Å². The molecule has 2 N–H and O–H groups in total. The van der Waals surface area contributed by atoms with Crippen LogP contribution in [0, 0.1) is 5.92 Å². The Kier molecular flexibility index (Phi) is 6.46. The topological polar surface area (TPSA) is 91.5 Å². The highest BCUT2D eigenvalue weighted by Gasteiger charge is 2.34. The van der Waals surface area contributed by atoms with Gasteiger partial charge in [0.1, 0.15) is 0 Å². The Bertz CT molecular complexity index is 1160. The molecule has 2 amide bonds. The summed E-state index contributed by atoms with van der Waals surface area (Å²) in [5.74, 6) is -1.05. The van der Waals surface area contributed by atoms with Crippen LogP contribution in [0.25, 0.3) is 10.9 Å². The Labute approximate surface area is 190 Å². The molecule has 1 aliphatic rings. The number of hydrogen-bond donors (Lipinski definition) is 2. The monoisotopic (exact) mass is 453 g/mol. The number of hydrogen-bond acceptors (Lipinski definition) is 4. The summed E-state index contributed by atoms with van der Waals surface area (Å²) in [5.41, 5.74) is 3.09. The minimum Gasteiger partial charge on any atom is -0.462 e. The smallest absolute Gasteiger partial charge is 0.338 e. The zero-order chi connectivity index (χ0) is 22.7. The third-order valence-corrected chi connectivity index (χ3v) is 5.86. The lowest BCUT2D eigenvalue weighted by Gasteiger charge is -2.16. The summed E-state index contributed by atoms with van der Waals surface area (Å²) in [7, 11) is 0. The lowest BCUT2D eigenvalue weighted by atomic mass is 10.1. The summed E-state index contributed by atoms with van der Waals surface area (Å²) in [5, 5.41) is 4.55. The number of carbonyl (C=O) groups is 3. The van der Waals surface area contributed by atoms with Crippen LogP contribution in [0.2, 0.25) is 5.02 Å². The molecule has 1 fully saturated rings. The van der Waals surface area contributed by atoms with Gasteiger partial charge in [-0.3, -0.25) is 9.59 Å². The number of esters is 1. The van der Waals surface area contributed by atoms with Crippen molar-refractivity contribution in [2.45, 2.75) is 19.8 Å². The molecule has 3 aromatic rings. The number of nitrogens with zero attached hydrogens (tertiary/aromatic N) is 1. The second kappa shape index (κ2) is 9.44. The van der Waals surface area contributed by atoms with Crippen molar-refractivity contribution in [3.05, 3.63) is 64.8 Å². The molecule has 1 atom stereocenters. The van der Waals surface area contributed by atoms with Crippen molar-refractivity contribution < 1.29 is 19.1 Å². The van der Waals surface area contributed by atoms with Crippen molar-refractivity contribution in [3.8, 4) is 0 Å². The van der Waals surface area contributed by atoms with E-state index in [2.05, 4.69) is 10.3 Å². The molecule has 166 valence electrons. The highest BCUT2D eigenvalue weighted by Crippen LogP contribution is 2.25. The Morgan fingerprint density at radius 3 is 2.75 bits per heavy atom. The first-order valence-electron chi connectivity index (χ1n) is 10.6. The zero-order valence-electron chi connectivity index (χ0n) is 17.7. The number of benzene rings is 2. The number of aromatic nitrogens is 1. The first-order valence-corrected chi connectivity index (χ1v) is 10.9. The fourth-order valence-corrected chi connectivity index (χ4v) is 4.10. The number of likely N-dealkylation sites (tertiary alicyclic amines) is 1. The van der Waals surface area contributed by atoms with E-state index in [4.69, 9.17) is 16.3 Å². The van der Waals surface area contributed by atoms with E-state index in [1.807, 2.05) is 24.4 Å². The van der Waals surface area contributed by atoms with Crippen LogP contribution < -0.4 is 5.32 Å². The number of anilines is 1. The van der Waals surface area contributed by atoms with Gasteiger partial charge in [-0.2, -0.15) is 0 Å². The molecular formula is C24H24ClN3O4. The molecule has 1 aromatic heterocycles. The van der Waals surface area contributed by atoms with Crippen molar-refractivity contribution in [1.82, 2.24) is 9.88 Å². The van der Waals surface area contributed by atoms with Crippen molar-refractivity contribution in [3.63, 3.8) is 0 Å². The fraction of sp³-hybridized carbons (Fsp3) is 0.292. The second-order valence-electron chi connectivity index (χ2n) is 7.78. The van der Waals surface area contributed by atoms with Gasteiger partial charge in [-0.1, -0.05) is 11.6 Å². The summed E-state index contributed by atoms with van der Waals surface area (Å²) in [6.07, 6.45) is 2.80. The van der Waals surface area contributed by atoms with Crippen LogP contribution in [-0.2, 0) is 20.7 Å². The summed E-state index contributed by atoms with van der Waals surface area (Å²) in [6, 6.07) is 12.2. The SMILES string of the molecule is CCOC(=O)c1ccc(NC(=O)[C@H]2CC(=O)N(CCc3c[nH]c4ccc(Cl)cc34)C2)cc1. The van der Waals surface area contributed by atoms with E-state index in [0.717, 1.165) is 16.5 Å². The van der Waals surface area contributed by atoms with Crippen LogP contribution in [0.3, 0.4) is 0 Å². The van der Waals surface area contributed by atoms with Gasteiger partial charge in [-0.25, -0.2) is 4.79 Å². The molecule has 2 heterocycles. The fourth-order valence-electron chi connectivity index (χ4n) is 3.93. The van der Waals surface area contributed by atoms with E-state index >= 15 is 0 Å². The number of amides is 2. The van der Waals surface area contributed by atoms with Crippen molar-refractivity contribution in [2.75, 3.05) is 25.0 Å². The number of ether oxygens (including phenoxy) is 1. The highest BCUT2D eigenvalue weighted by molar-refractivity contribution is 6.31. The van der Waals surface area contributed by atoms with Crippen molar-refractivity contribution >= 4 is 46.0 Å². The van der Waals surface area contributed by atoms with Crippen LogP contribution in [0.4, 0.5) is 5.69 Å². The summed E-state index contributed by atoms with van der Waals surface area (Å²) in [6.45, 7) is 2.97. The molecule has 7 nitrogen and oxygen atoms in total. The molecule has 0 radical (unpaired) electrons. The van der Waals surface area contributed by atoms with Gasteiger partial charge in [0, 0.05) is 47.3 Å². The summed E-state index contributed by atoms with van der Waals surface area (Å²) in [4.78, 5) is 41.8. The molecule has 4 rings (SSSR count). The number of halogens is 1. The largest absolute Gasteiger partial charge is 0.462 e. The molecule has 0 spiro atoms. The first-order chi connectivity index (χ1) is 15.4. The Hall–Kier alpha value is -3.32. The predicted octanol–water partition coefficient (Wildman–Crippen LogP) is 4.03. The maximum absolute atomic E-state index is 12.7. The lowest BCUT2D eigenvalue weighted by Crippen LogP contribution is -2.30. The third kappa shape index (κ3) is 4.78. The lowest BCUT2D eigenvalue weighted by molar-refractivity contribution is -0.128. The average Bonchev–Trinajstić information content (AvgIpc) is 3.35. The molecule has 0 saturated carbocycles. The number of nitrogens with one attached hydrogen (secondary N) is 2. The molecule has 0 aliphatic carbocycles. The van der Waals surface area contributed by atoms with E-state index < -0.39 is 11.9 Å². The third-order valence-electron chi connectivity index (χ3n) is 5.63. The minimum absolute atomic E-state index is 0.0271. The normalized spacial score (nSPS) is 15.9. The van der Waals surface area contributed by atoms with Gasteiger partial charge in [0.05, 0.1) is 18.1 Å². The van der Waals surface area contributed by atoms with Gasteiger partial charge < -0.3 is 19.9 Å². The quantitative estimate of drug-likeness (QED) is 0.528. The molecule has 2 aromatic carbocycles. The van der Waals surface area contributed by atoms with Crippen LogP contribution in [0.1, 0.15) is 29.3 Å². The summed E-state index contributed by atoms with van der Waals surface area (Å²) < 4.78 is 4.96. The highest BCUT2D eigenvalue weighted by atomic mass is 35.5. The number of carbonyl (C=O) groups excluding carboxylic acids is 3. The number of rotatable bonds is 7. The van der Waals surface area contributed by atoms with Gasteiger partial charge >= 0.3 is 5.97 Å². The first kappa shape index (κ1) is 21.9. The standard InChI is InChI=1S/C24H24ClN3O4/c1-2-32-24(31)15-3-6-19(7-4-15)27-23(30)17-11-22(29)28(14-17)10-9-16-13-26-21-8-5-18(25)12-20(16)21/h3-8,12-13,17,26H,2,9-11,14H2,1H3,(H,27,30)/t17-/m0/s1. The average molecular weight is 454 g/mol. The molecule has 1 saturated heterocycles. The number of H-pyrrole nitrogens is 1. The predicted molar refractivity (Wildman–Crippen MR) is 123 cm³/mol. The molecule has 0 bridgehead atoms. The van der Waals surface area contributed by atoms with Gasteiger partial charge in [0.2, 0.25) is 11.8 Å². The molecule has 8 heteroatoms. The van der Waals surface area contributed by atoms with Crippen LogP contribution in [-0.4, -0.2) is 47.4 Å². The van der Waals surface area contributed by atoms with Crippen molar-refractivity contribution in [2.24, 2.45) is 5.92 Å². The number of aromatic amines is 1. The van der Waals surface area contributed by atoms with E-state index in [0.29, 0.717) is 42.4 Å². The van der Waals surface area contributed by atoms with Gasteiger partial charge in [0.15, 0.2) is 0 Å². The Morgan fingerprint density at radius 1 is 1.22 bits per heavy atom. The number of fused-ring (bicyclic) bond motifs is 1. The van der Waals surface area contributed by atoms with Gasteiger partial charge in [-0.05, 0) is 61.4 Å². The summed E-state index contributed by atoms with van der Waals surface area (Å²) >= 11 is 6.11. The Morgan fingerprint density at radius 2 is 2.00 bits per heavy atom. The van der Waals surface area contributed by atoms with E-state index in [1.165, 1.54) is 0 Å². The molecule has 1 aliphatic heterocycles. The maximum Gasteiger partial charge on any atom is 0.338 e.